The van der Waals surface area contributed by atoms with Crippen molar-refractivity contribution in [1.29, 1.82) is 0 Å². The van der Waals surface area contributed by atoms with Gasteiger partial charge in [0.25, 0.3) is 0 Å². The average molecular weight is 326 g/mol. The molecule has 0 saturated carbocycles. The molecule has 0 aromatic heterocycles. The maximum atomic E-state index is 14.0. The normalized spacial score (nSPS) is 10.5. The smallest absolute Gasteiger partial charge is 0.167 e. The number of benzene rings is 2. The molecule has 3 N–H and O–H groups in total. The molecule has 0 aliphatic heterocycles. The molecule has 0 aliphatic carbocycles. The molecule has 0 saturated heterocycles. The third kappa shape index (κ3) is 3.61. The minimum atomic E-state index is -1.00. The zero-order valence-electron chi connectivity index (χ0n) is 12.8. The maximum absolute atomic E-state index is 14.0. The van der Waals surface area contributed by atoms with E-state index in [4.69, 9.17) is 15.2 Å². The summed E-state index contributed by atoms with van der Waals surface area (Å²) in [6.45, 7) is 1.97. The van der Waals surface area contributed by atoms with Gasteiger partial charge in [0.15, 0.2) is 11.6 Å². The molecule has 2 aromatic carbocycles. The Morgan fingerprint density at radius 2 is 1.83 bits per heavy atom. The van der Waals surface area contributed by atoms with E-state index in [1.165, 1.54) is 19.2 Å². The lowest BCUT2D eigenvalue weighted by Crippen LogP contribution is -2.08. The number of nitrogens with two attached hydrogens (primary N) is 1. The van der Waals surface area contributed by atoms with Gasteiger partial charge < -0.3 is 20.5 Å². The number of hydrogen-bond donors (Lipinski definition) is 2. The number of methoxy groups -OCH3 is 1. The molecule has 0 amide bonds. The lowest BCUT2D eigenvalue weighted by molar-refractivity contribution is 0.332. The molecule has 0 atom stereocenters. The monoisotopic (exact) mass is 326 g/mol. The largest absolute Gasteiger partial charge is 0.494 e. The van der Waals surface area contributed by atoms with Crippen LogP contribution in [0.5, 0.6) is 11.5 Å². The van der Waals surface area contributed by atoms with Crippen LogP contribution in [0, 0.1) is 17.5 Å². The van der Waals surface area contributed by atoms with E-state index in [0.29, 0.717) is 12.3 Å². The minimum absolute atomic E-state index is 0.0248. The molecule has 0 unspecified atom stereocenters. The van der Waals surface area contributed by atoms with Gasteiger partial charge in [-0.1, -0.05) is 0 Å². The molecule has 2 aromatic rings. The quantitative estimate of drug-likeness (QED) is 0.795. The van der Waals surface area contributed by atoms with Gasteiger partial charge in [-0.25, -0.2) is 13.2 Å². The fourth-order valence-corrected chi connectivity index (χ4v) is 2.09. The Kier molecular flexibility index (Phi) is 5.20. The van der Waals surface area contributed by atoms with Crippen molar-refractivity contribution in [2.24, 2.45) is 0 Å². The van der Waals surface area contributed by atoms with Crippen LogP contribution in [0.25, 0.3) is 0 Å². The zero-order valence-corrected chi connectivity index (χ0v) is 12.8. The van der Waals surface area contributed by atoms with Crippen LogP contribution in [-0.2, 0) is 6.54 Å². The van der Waals surface area contributed by atoms with Crippen molar-refractivity contribution in [3.05, 3.63) is 47.3 Å². The second kappa shape index (κ2) is 7.13. The SMILES string of the molecule is CCOc1ccc(F)c(F)c1CNc1cc(N)c(F)cc1OC. The highest BCUT2D eigenvalue weighted by atomic mass is 19.2. The Hall–Kier alpha value is -2.57. The van der Waals surface area contributed by atoms with Gasteiger partial charge in [0.2, 0.25) is 0 Å². The summed E-state index contributed by atoms with van der Waals surface area (Å²) < 4.78 is 51.2. The molecule has 2 rings (SSSR count). The van der Waals surface area contributed by atoms with Gasteiger partial charge in [-0.3, -0.25) is 0 Å². The predicted molar refractivity (Wildman–Crippen MR) is 82.2 cm³/mol. The number of ether oxygens (including phenoxy) is 2. The second-order valence-corrected chi connectivity index (χ2v) is 4.70. The van der Waals surface area contributed by atoms with Gasteiger partial charge in [0, 0.05) is 12.6 Å². The topological polar surface area (TPSA) is 56.5 Å². The summed E-state index contributed by atoms with van der Waals surface area (Å²) in [6, 6.07) is 4.80. The molecule has 23 heavy (non-hydrogen) atoms. The lowest BCUT2D eigenvalue weighted by Gasteiger charge is -2.15. The Bertz CT molecular complexity index is 708. The minimum Gasteiger partial charge on any atom is -0.494 e. The molecule has 0 radical (unpaired) electrons. The number of nitrogens with one attached hydrogen (secondary N) is 1. The fourth-order valence-electron chi connectivity index (χ4n) is 2.09. The van der Waals surface area contributed by atoms with E-state index < -0.39 is 17.5 Å². The third-order valence-corrected chi connectivity index (χ3v) is 3.23. The Balaban J connectivity index is 2.31. The number of anilines is 2. The van der Waals surface area contributed by atoms with Gasteiger partial charge in [0.05, 0.1) is 30.7 Å². The van der Waals surface area contributed by atoms with Gasteiger partial charge in [-0.15, -0.1) is 0 Å². The van der Waals surface area contributed by atoms with Crippen LogP contribution in [0.15, 0.2) is 24.3 Å². The van der Waals surface area contributed by atoms with Crippen LogP contribution < -0.4 is 20.5 Å². The van der Waals surface area contributed by atoms with Gasteiger partial charge >= 0.3 is 0 Å². The molecule has 0 bridgehead atoms. The van der Waals surface area contributed by atoms with E-state index >= 15 is 0 Å². The van der Waals surface area contributed by atoms with Crippen molar-refractivity contribution in [2.75, 3.05) is 24.8 Å². The van der Waals surface area contributed by atoms with E-state index in [1.807, 2.05) is 0 Å². The van der Waals surface area contributed by atoms with Crippen LogP contribution in [0.2, 0.25) is 0 Å². The van der Waals surface area contributed by atoms with Crippen molar-refractivity contribution < 1.29 is 22.6 Å². The summed E-state index contributed by atoms with van der Waals surface area (Å²) >= 11 is 0. The number of nitrogen functional groups attached to an aromatic ring is 1. The molecular weight excluding hydrogens is 309 g/mol. The number of hydrogen-bond acceptors (Lipinski definition) is 4. The molecular formula is C16H17F3N2O2. The van der Waals surface area contributed by atoms with Crippen LogP contribution in [0.3, 0.4) is 0 Å². The third-order valence-electron chi connectivity index (χ3n) is 3.23. The van der Waals surface area contributed by atoms with Crippen molar-refractivity contribution in [1.82, 2.24) is 0 Å². The second-order valence-electron chi connectivity index (χ2n) is 4.70. The molecule has 7 heteroatoms. The Labute approximate surface area is 132 Å². The number of rotatable bonds is 6. The highest BCUT2D eigenvalue weighted by molar-refractivity contribution is 5.64. The summed E-state index contributed by atoms with van der Waals surface area (Å²) in [4.78, 5) is 0. The summed E-state index contributed by atoms with van der Waals surface area (Å²) in [7, 11) is 1.37. The first-order chi connectivity index (χ1) is 11.0. The molecule has 0 fully saturated rings. The molecule has 4 nitrogen and oxygen atoms in total. The van der Waals surface area contributed by atoms with E-state index in [0.717, 1.165) is 12.1 Å². The van der Waals surface area contributed by atoms with E-state index in [-0.39, 0.29) is 29.3 Å². The highest BCUT2D eigenvalue weighted by Crippen LogP contribution is 2.31. The maximum Gasteiger partial charge on any atom is 0.167 e. The van der Waals surface area contributed by atoms with E-state index in [9.17, 15) is 13.2 Å². The van der Waals surface area contributed by atoms with Crippen LogP contribution in [0.1, 0.15) is 12.5 Å². The fraction of sp³-hybridized carbons (Fsp3) is 0.250. The van der Waals surface area contributed by atoms with Crippen molar-refractivity contribution >= 4 is 11.4 Å². The van der Waals surface area contributed by atoms with Crippen LogP contribution >= 0.6 is 0 Å². The first-order valence-electron chi connectivity index (χ1n) is 6.94. The highest BCUT2D eigenvalue weighted by Gasteiger charge is 2.16. The average Bonchev–Trinajstić information content (AvgIpc) is 2.53. The van der Waals surface area contributed by atoms with Gasteiger partial charge in [-0.2, -0.15) is 0 Å². The molecule has 0 aliphatic rings. The van der Waals surface area contributed by atoms with Crippen molar-refractivity contribution in [3.63, 3.8) is 0 Å². The summed E-state index contributed by atoms with van der Waals surface area (Å²) in [5.74, 6) is -2.17. The number of halogens is 3. The summed E-state index contributed by atoms with van der Waals surface area (Å²) in [6.07, 6.45) is 0. The molecule has 124 valence electrons. The predicted octanol–water partition coefficient (Wildman–Crippen LogP) is 3.71. The van der Waals surface area contributed by atoms with Crippen LogP contribution in [-0.4, -0.2) is 13.7 Å². The zero-order chi connectivity index (χ0) is 17.0. The Morgan fingerprint density at radius 3 is 2.48 bits per heavy atom. The Morgan fingerprint density at radius 1 is 1.09 bits per heavy atom. The summed E-state index contributed by atoms with van der Waals surface area (Å²) in [5.41, 5.74) is 5.81. The van der Waals surface area contributed by atoms with Gasteiger partial charge in [0.1, 0.15) is 17.3 Å². The van der Waals surface area contributed by atoms with E-state index in [1.54, 1.807) is 6.92 Å². The van der Waals surface area contributed by atoms with E-state index in [2.05, 4.69) is 5.32 Å². The van der Waals surface area contributed by atoms with Crippen molar-refractivity contribution in [2.45, 2.75) is 13.5 Å². The van der Waals surface area contributed by atoms with Crippen molar-refractivity contribution in [3.8, 4) is 11.5 Å². The molecule has 0 spiro atoms. The van der Waals surface area contributed by atoms with Gasteiger partial charge in [-0.05, 0) is 25.1 Å². The summed E-state index contributed by atoms with van der Waals surface area (Å²) in [5, 5.41) is 2.86. The molecule has 0 heterocycles. The lowest BCUT2D eigenvalue weighted by atomic mass is 10.1. The standard InChI is InChI=1S/C16H17F3N2O2/c1-3-23-14-5-4-10(17)16(19)9(14)8-21-13-7-12(20)11(18)6-15(13)22-2/h4-7,21H,3,8,20H2,1-2H3. The first kappa shape index (κ1) is 16.8. The van der Waals surface area contributed by atoms with Crippen LogP contribution in [0.4, 0.5) is 24.5 Å². The first-order valence-corrected chi connectivity index (χ1v) is 6.94.